The molecule has 0 aromatic rings. The van der Waals surface area contributed by atoms with Gasteiger partial charge in [0.25, 0.3) is 0 Å². The molecule has 0 aromatic heterocycles. The summed E-state index contributed by atoms with van der Waals surface area (Å²) in [7, 11) is 5.55. The first-order valence-electron chi connectivity index (χ1n) is 27.0. The molecule has 2 atom stereocenters. The van der Waals surface area contributed by atoms with Crippen molar-refractivity contribution in [1.82, 2.24) is 0 Å². The lowest BCUT2D eigenvalue weighted by Gasteiger charge is -2.31. The van der Waals surface area contributed by atoms with Crippen LogP contribution in [-0.2, 0) is 28.6 Å². The molecule has 0 spiro atoms. The maximum atomic E-state index is 12.8. The largest absolute Gasteiger partial charge is 0.477 e. The molecule has 2 unspecified atom stereocenters. The summed E-state index contributed by atoms with van der Waals surface area (Å²) in [5.74, 6) is -1.45. The van der Waals surface area contributed by atoms with E-state index in [-0.39, 0.29) is 36.2 Å². The second-order valence-electron chi connectivity index (χ2n) is 19.5. The smallest absolute Gasteiger partial charge is 0.362 e. The molecule has 0 aliphatic heterocycles. The predicted molar refractivity (Wildman–Crippen MR) is 271 cm³/mol. The first-order chi connectivity index (χ1) is 31.1. The Bertz CT molecular complexity index is 1140. The van der Waals surface area contributed by atoms with Gasteiger partial charge in [0.05, 0.1) is 34.4 Å². The second kappa shape index (κ2) is 47.1. The maximum Gasteiger partial charge on any atom is 0.362 e. The molecular weight excluding hydrogens is 799 g/mol. The highest BCUT2D eigenvalue weighted by atomic mass is 16.6. The summed E-state index contributed by atoms with van der Waals surface area (Å²) in [4.78, 5) is 37.2. The van der Waals surface area contributed by atoms with Crippen molar-refractivity contribution < 1.29 is 38.2 Å². The number of carbonyl (C=O) groups is 3. The number of carboxylic acids is 1. The van der Waals surface area contributed by atoms with E-state index in [9.17, 15) is 19.5 Å². The highest BCUT2D eigenvalue weighted by Crippen LogP contribution is 2.17. The van der Waals surface area contributed by atoms with E-state index in [0.717, 1.165) is 57.8 Å². The van der Waals surface area contributed by atoms with Gasteiger partial charge in [-0.1, -0.05) is 224 Å². The van der Waals surface area contributed by atoms with Crippen LogP contribution in [0.5, 0.6) is 0 Å². The van der Waals surface area contributed by atoms with Gasteiger partial charge in [0.1, 0.15) is 6.61 Å². The summed E-state index contributed by atoms with van der Waals surface area (Å²) in [6, 6.07) is -0.613. The van der Waals surface area contributed by atoms with Crippen molar-refractivity contribution in [2.24, 2.45) is 0 Å². The molecule has 0 heterocycles. The van der Waals surface area contributed by atoms with Crippen molar-refractivity contribution in [1.29, 1.82) is 0 Å². The number of ether oxygens (including phenoxy) is 3. The highest BCUT2D eigenvalue weighted by Gasteiger charge is 2.31. The number of carboxylic acid groups (broad SMARTS) is 1. The molecule has 0 fully saturated rings. The number of quaternary nitrogens is 1. The first kappa shape index (κ1) is 61.5. The average molecular weight is 903 g/mol. The molecule has 8 nitrogen and oxygen atoms in total. The summed E-state index contributed by atoms with van der Waals surface area (Å²) in [6.07, 6.45) is 56.2. The number of nitrogens with zero attached hydrogens (tertiary/aromatic N) is 1. The van der Waals surface area contributed by atoms with Gasteiger partial charge >= 0.3 is 17.9 Å². The van der Waals surface area contributed by atoms with Crippen molar-refractivity contribution in [3.05, 3.63) is 36.5 Å². The zero-order valence-corrected chi connectivity index (χ0v) is 42.7. The predicted octanol–water partition coefficient (Wildman–Crippen LogP) is 15.8. The second-order valence-corrected chi connectivity index (χ2v) is 19.5. The number of hydrogen-bond donors (Lipinski definition) is 1. The fraction of sp³-hybridized carbons (Fsp3) is 0.839. The van der Waals surface area contributed by atoms with Gasteiger partial charge < -0.3 is 23.8 Å². The summed E-state index contributed by atoms with van der Waals surface area (Å²) in [6.45, 7) is 4.67. The molecule has 0 aliphatic rings. The van der Waals surface area contributed by atoms with Gasteiger partial charge in [-0.2, -0.15) is 0 Å². The minimum Gasteiger partial charge on any atom is -0.477 e. The standard InChI is InChI=1S/C56H103NO7/c1-6-8-10-12-14-16-18-20-22-24-25-26-27-28-29-31-32-34-36-38-40-42-44-46-54(58)63-51-52(50-62-49-48-53(56(60)61)57(3,4)5)64-55(59)47-45-43-41-39-37-35-33-30-23-21-19-17-15-13-11-9-7-2/h8,10,14,16,20,22,52-53H,6-7,9,11-13,15,17-19,21,23-51H2,1-5H3/p+1/b10-8+,16-14+,22-20+. The third-order valence-electron chi connectivity index (χ3n) is 12.3. The lowest BCUT2D eigenvalue weighted by atomic mass is 10.0. The molecule has 64 heavy (non-hydrogen) atoms. The van der Waals surface area contributed by atoms with Crippen LogP contribution in [0.15, 0.2) is 36.5 Å². The molecule has 0 radical (unpaired) electrons. The summed E-state index contributed by atoms with van der Waals surface area (Å²) < 4.78 is 17.4. The summed E-state index contributed by atoms with van der Waals surface area (Å²) >= 11 is 0. The van der Waals surface area contributed by atoms with Gasteiger partial charge in [0.2, 0.25) is 0 Å². The Morgan fingerprint density at radius 1 is 0.484 bits per heavy atom. The molecule has 8 heteroatoms. The first-order valence-corrected chi connectivity index (χ1v) is 27.0. The monoisotopic (exact) mass is 903 g/mol. The third-order valence-corrected chi connectivity index (χ3v) is 12.3. The van der Waals surface area contributed by atoms with E-state index in [1.807, 2.05) is 21.1 Å². The zero-order valence-electron chi connectivity index (χ0n) is 42.7. The average Bonchev–Trinajstić information content (AvgIpc) is 3.26. The van der Waals surface area contributed by atoms with E-state index in [1.165, 1.54) is 161 Å². The van der Waals surface area contributed by atoms with Crippen LogP contribution >= 0.6 is 0 Å². The molecule has 1 N–H and O–H groups in total. The van der Waals surface area contributed by atoms with Crippen molar-refractivity contribution in [3.63, 3.8) is 0 Å². The van der Waals surface area contributed by atoms with Crippen molar-refractivity contribution in [2.75, 3.05) is 41.0 Å². The van der Waals surface area contributed by atoms with Crippen LogP contribution in [0.1, 0.15) is 251 Å². The summed E-state index contributed by atoms with van der Waals surface area (Å²) in [5.41, 5.74) is 0. The van der Waals surface area contributed by atoms with Crippen LogP contribution < -0.4 is 0 Å². The fourth-order valence-electron chi connectivity index (χ4n) is 8.17. The van der Waals surface area contributed by atoms with Crippen LogP contribution in [0, 0.1) is 0 Å². The number of allylic oxidation sites excluding steroid dienone is 6. The Morgan fingerprint density at radius 2 is 0.875 bits per heavy atom. The minimum atomic E-state index is -0.871. The Balaban J connectivity index is 4.16. The van der Waals surface area contributed by atoms with E-state index >= 15 is 0 Å². The van der Waals surface area contributed by atoms with Crippen molar-refractivity contribution in [2.45, 2.75) is 264 Å². The molecule has 0 aliphatic carbocycles. The normalized spacial score (nSPS) is 13.1. The van der Waals surface area contributed by atoms with Crippen LogP contribution in [0.4, 0.5) is 0 Å². The molecular formula is C56H104NO7+. The molecule has 0 aromatic carbocycles. The number of unbranched alkanes of at least 4 members (excludes halogenated alkanes) is 29. The van der Waals surface area contributed by atoms with Gasteiger partial charge in [-0.3, -0.25) is 9.59 Å². The summed E-state index contributed by atoms with van der Waals surface area (Å²) in [5, 5.41) is 9.66. The van der Waals surface area contributed by atoms with Crippen LogP contribution in [0.3, 0.4) is 0 Å². The van der Waals surface area contributed by atoms with Crippen LogP contribution in [-0.4, -0.2) is 80.6 Å². The molecule has 0 saturated carbocycles. The van der Waals surface area contributed by atoms with Gasteiger partial charge in [-0.05, 0) is 44.9 Å². The number of esters is 2. The minimum absolute atomic E-state index is 0.0472. The van der Waals surface area contributed by atoms with E-state index in [2.05, 4.69) is 50.3 Å². The lowest BCUT2D eigenvalue weighted by molar-refractivity contribution is -0.887. The number of likely N-dealkylation sites (N-methyl/N-ethyl adjacent to an activating group) is 1. The Morgan fingerprint density at radius 3 is 1.30 bits per heavy atom. The Kier molecular flexibility index (Phi) is 45.3. The van der Waals surface area contributed by atoms with Crippen molar-refractivity contribution in [3.8, 4) is 0 Å². The zero-order chi connectivity index (χ0) is 47.0. The number of aliphatic carboxylic acids is 1. The molecule has 0 saturated heterocycles. The van der Waals surface area contributed by atoms with Gasteiger partial charge in [0.15, 0.2) is 12.1 Å². The van der Waals surface area contributed by atoms with Crippen LogP contribution in [0.25, 0.3) is 0 Å². The molecule has 0 bridgehead atoms. The van der Waals surface area contributed by atoms with E-state index < -0.39 is 18.1 Å². The quantitative estimate of drug-likeness (QED) is 0.0281. The lowest BCUT2D eigenvalue weighted by Crippen LogP contribution is -2.50. The van der Waals surface area contributed by atoms with Gasteiger partial charge in [-0.15, -0.1) is 0 Å². The van der Waals surface area contributed by atoms with Gasteiger partial charge in [-0.25, -0.2) is 4.79 Å². The van der Waals surface area contributed by atoms with E-state index in [0.29, 0.717) is 19.3 Å². The van der Waals surface area contributed by atoms with Gasteiger partial charge in [0, 0.05) is 19.3 Å². The topological polar surface area (TPSA) is 99.1 Å². The molecule has 0 amide bonds. The number of hydrogen-bond acceptors (Lipinski definition) is 6. The fourth-order valence-corrected chi connectivity index (χ4v) is 8.17. The van der Waals surface area contributed by atoms with E-state index in [1.54, 1.807) is 0 Å². The number of rotatable bonds is 49. The Hall–Kier alpha value is -2.45. The number of carbonyl (C=O) groups excluding carboxylic acids is 2. The van der Waals surface area contributed by atoms with Crippen molar-refractivity contribution >= 4 is 17.9 Å². The Labute approximate surface area is 395 Å². The maximum absolute atomic E-state index is 12.8. The van der Waals surface area contributed by atoms with E-state index in [4.69, 9.17) is 14.2 Å². The highest BCUT2D eigenvalue weighted by molar-refractivity contribution is 5.72. The molecule has 0 rings (SSSR count). The SMILES string of the molecule is CC/C=C/C/C=C/C/C=C/CCCCCCCCCCCCCCCC(=O)OCC(COCCC(C(=O)O)[N+](C)(C)C)OC(=O)CCCCCCCCCCCCCCCCCCC. The molecule has 374 valence electrons. The third kappa shape index (κ3) is 44.7. The van der Waals surface area contributed by atoms with Crippen LogP contribution in [0.2, 0.25) is 0 Å².